The molecule has 4 heterocycles. The Hall–Kier alpha value is -2.80. The van der Waals surface area contributed by atoms with Gasteiger partial charge in [0.15, 0.2) is 0 Å². The maximum Gasteiger partial charge on any atom is 0.241 e. The lowest BCUT2D eigenvalue weighted by atomic mass is 9.82. The summed E-state index contributed by atoms with van der Waals surface area (Å²) >= 11 is 0. The van der Waals surface area contributed by atoms with Gasteiger partial charge in [0.25, 0.3) is 0 Å². The number of nitrogens with zero attached hydrogens (tertiary/aromatic N) is 5. The number of hydrogen-bond acceptors (Lipinski definition) is 6. The molecule has 168 valence electrons. The highest BCUT2D eigenvalue weighted by atomic mass is 15.3. The van der Waals surface area contributed by atoms with Crippen LogP contribution in [0.3, 0.4) is 0 Å². The van der Waals surface area contributed by atoms with Crippen molar-refractivity contribution in [1.29, 1.82) is 0 Å². The van der Waals surface area contributed by atoms with Gasteiger partial charge in [0.05, 0.1) is 28.8 Å². The third kappa shape index (κ3) is 4.01. The van der Waals surface area contributed by atoms with Crippen LogP contribution in [0.2, 0.25) is 0 Å². The third-order valence-electron chi connectivity index (χ3n) is 7.33. The topological polar surface area (TPSA) is 93.5 Å². The monoisotopic (exact) mass is 431 g/mol. The van der Waals surface area contributed by atoms with Crippen LogP contribution in [0.5, 0.6) is 0 Å². The molecule has 0 aromatic carbocycles. The molecule has 3 aromatic heterocycles. The van der Waals surface area contributed by atoms with Gasteiger partial charge in [-0.3, -0.25) is 9.98 Å². The van der Waals surface area contributed by atoms with E-state index in [1.54, 1.807) is 0 Å². The van der Waals surface area contributed by atoms with Crippen molar-refractivity contribution in [2.45, 2.75) is 71.4 Å². The molecule has 0 radical (unpaired) electrons. The molecular formula is C25H33N7. The Morgan fingerprint density at radius 2 is 2.00 bits per heavy atom. The molecule has 32 heavy (non-hydrogen) atoms. The highest BCUT2D eigenvalue weighted by Crippen LogP contribution is 2.34. The number of anilines is 1. The Bertz CT molecular complexity index is 1140. The van der Waals surface area contributed by atoms with Crippen LogP contribution in [0.4, 0.5) is 11.6 Å². The van der Waals surface area contributed by atoms with E-state index in [2.05, 4.69) is 49.3 Å². The summed E-state index contributed by atoms with van der Waals surface area (Å²) in [5.41, 5.74) is 12.3. The number of rotatable bonds is 5. The zero-order valence-corrected chi connectivity index (χ0v) is 19.3. The van der Waals surface area contributed by atoms with Crippen molar-refractivity contribution >= 4 is 22.9 Å². The van der Waals surface area contributed by atoms with Crippen LogP contribution in [0.1, 0.15) is 58.6 Å². The van der Waals surface area contributed by atoms with E-state index in [0.717, 1.165) is 66.7 Å². The van der Waals surface area contributed by atoms with Gasteiger partial charge in [0, 0.05) is 41.9 Å². The minimum atomic E-state index is 0.336. The minimum Gasteiger partial charge on any atom is -0.350 e. The number of nitrogens with one attached hydrogen (secondary N) is 1. The fraction of sp³-hybridized carbons (Fsp3) is 0.520. The van der Waals surface area contributed by atoms with Crippen molar-refractivity contribution in [1.82, 2.24) is 19.6 Å². The first-order valence-corrected chi connectivity index (χ1v) is 11.9. The first-order chi connectivity index (χ1) is 15.5. The molecule has 2 atom stereocenters. The van der Waals surface area contributed by atoms with Crippen LogP contribution in [0.15, 0.2) is 35.6 Å². The van der Waals surface area contributed by atoms with Gasteiger partial charge in [-0.1, -0.05) is 20.3 Å². The Kier molecular flexibility index (Phi) is 5.67. The standard InChI is InChI=1S/C25H33N7/c1-4-15(2)20-13-23-22(28-16(20)3)10-9-21(30-23)19-11-12-32-24(19)14-27-25(31-32)29-18-7-5-17(26)6-8-18/h9-12,14-15,17-18,20H,4-8,13,26H2,1-3H3,(H,29,31)/t15-,17?,18?,20-/m1/s1. The van der Waals surface area contributed by atoms with Crippen molar-refractivity contribution in [2.75, 3.05) is 5.32 Å². The lowest BCUT2D eigenvalue weighted by molar-refractivity contribution is 0.409. The summed E-state index contributed by atoms with van der Waals surface area (Å²) < 4.78 is 1.89. The maximum absolute atomic E-state index is 6.03. The number of nitrogens with two attached hydrogens (primary N) is 1. The van der Waals surface area contributed by atoms with E-state index in [1.807, 2.05) is 16.9 Å². The summed E-state index contributed by atoms with van der Waals surface area (Å²) in [6, 6.07) is 6.97. The summed E-state index contributed by atoms with van der Waals surface area (Å²) in [6.07, 6.45) is 10.2. The van der Waals surface area contributed by atoms with Crippen molar-refractivity contribution in [3.8, 4) is 11.3 Å². The predicted molar refractivity (Wildman–Crippen MR) is 129 cm³/mol. The van der Waals surface area contributed by atoms with Crippen LogP contribution >= 0.6 is 0 Å². The molecule has 0 spiro atoms. The molecule has 5 rings (SSSR count). The van der Waals surface area contributed by atoms with Gasteiger partial charge in [0.1, 0.15) is 0 Å². The molecule has 0 unspecified atom stereocenters. The minimum absolute atomic E-state index is 0.336. The van der Waals surface area contributed by atoms with Gasteiger partial charge in [-0.05, 0) is 56.7 Å². The average Bonchev–Trinajstić information content (AvgIpc) is 3.22. The van der Waals surface area contributed by atoms with E-state index < -0.39 is 0 Å². The second-order valence-electron chi connectivity index (χ2n) is 9.51. The van der Waals surface area contributed by atoms with E-state index in [1.165, 1.54) is 5.71 Å². The molecule has 1 fully saturated rings. The molecule has 1 saturated carbocycles. The molecule has 2 aliphatic rings. The van der Waals surface area contributed by atoms with Gasteiger partial charge < -0.3 is 11.1 Å². The van der Waals surface area contributed by atoms with Gasteiger partial charge in [-0.15, -0.1) is 5.10 Å². The van der Waals surface area contributed by atoms with E-state index in [4.69, 9.17) is 20.8 Å². The Labute approximate surface area is 189 Å². The molecule has 1 aliphatic carbocycles. The van der Waals surface area contributed by atoms with Crippen LogP contribution in [0.25, 0.3) is 16.8 Å². The van der Waals surface area contributed by atoms with Gasteiger partial charge >= 0.3 is 0 Å². The zero-order valence-electron chi connectivity index (χ0n) is 19.3. The molecular weight excluding hydrogens is 398 g/mol. The van der Waals surface area contributed by atoms with E-state index in [-0.39, 0.29) is 0 Å². The summed E-state index contributed by atoms with van der Waals surface area (Å²) in [5, 5.41) is 8.17. The lowest BCUT2D eigenvalue weighted by Gasteiger charge is -2.27. The lowest BCUT2D eigenvalue weighted by Crippen LogP contribution is -2.33. The van der Waals surface area contributed by atoms with Gasteiger partial charge in [-0.25, -0.2) is 9.50 Å². The SMILES string of the molecule is CC[C@@H](C)[C@H]1Cc2nc(-c3ccn4nc(NC5CCC(N)CC5)ncc34)ccc2N=C1C. The van der Waals surface area contributed by atoms with E-state index in [9.17, 15) is 0 Å². The van der Waals surface area contributed by atoms with E-state index in [0.29, 0.717) is 29.9 Å². The average molecular weight is 432 g/mol. The Morgan fingerprint density at radius 3 is 2.78 bits per heavy atom. The fourth-order valence-electron chi connectivity index (χ4n) is 5.05. The molecule has 0 bridgehead atoms. The maximum atomic E-state index is 6.03. The quantitative estimate of drug-likeness (QED) is 0.606. The largest absolute Gasteiger partial charge is 0.350 e. The second kappa shape index (κ2) is 8.62. The molecule has 1 aliphatic heterocycles. The van der Waals surface area contributed by atoms with Crippen molar-refractivity contribution in [2.24, 2.45) is 22.6 Å². The summed E-state index contributed by atoms with van der Waals surface area (Å²) in [7, 11) is 0. The fourth-order valence-corrected chi connectivity index (χ4v) is 5.05. The highest BCUT2D eigenvalue weighted by molar-refractivity contribution is 5.89. The third-order valence-corrected chi connectivity index (χ3v) is 7.33. The summed E-state index contributed by atoms with van der Waals surface area (Å²) in [5.74, 6) is 1.74. The van der Waals surface area contributed by atoms with Crippen LogP contribution in [-0.2, 0) is 6.42 Å². The Balaban J connectivity index is 1.40. The van der Waals surface area contributed by atoms with Crippen molar-refractivity contribution in [3.05, 3.63) is 36.3 Å². The number of fused-ring (bicyclic) bond motifs is 2. The van der Waals surface area contributed by atoms with Gasteiger partial charge in [-0.2, -0.15) is 0 Å². The first kappa shape index (κ1) is 21.1. The number of aliphatic imine (C=N–C) groups is 1. The molecule has 0 saturated heterocycles. The van der Waals surface area contributed by atoms with Crippen LogP contribution in [0, 0.1) is 11.8 Å². The summed E-state index contributed by atoms with van der Waals surface area (Å²) in [6.45, 7) is 6.71. The highest BCUT2D eigenvalue weighted by Gasteiger charge is 2.26. The number of hydrogen-bond donors (Lipinski definition) is 2. The first-order valence-electron chi connectivity index (χ1n) is 11.9. The smallest absolute Gasteiger partial charge is 0.241 e. The molecule has 7 heteroatoms. The molecule has 3 N–H and O–H groups in total. The Morgan fingerprint density at radius 1 is 1.19 bits per heavy atom. The van der Waals surface area contributed by atoms with Crippen molar-refractivity contribution in [3.63, 3.8) is 0 Å². The molecule has 3 aromatic rings. The van der Waals surface area contributed by atoms with E-state index >= 15 is 0 Å². The predicted octanol–water partition coefficient (Wildman–Crippen LogP) is 4.78. The number of aromatic nitrogens is 4. The summed E-state index contributed by atoms with van der Waals surface area (Å²) in [4.78, 5) is 14.5. The normalized spacial score (nSPS) is 24.1. The molecule has 0 amide bonds. The van der Waals surface area contributed by atoms with Crippen molar-refractivity contribution < 1.29 is 0 Å². The zero-order chi connectivity index (χ0) is 22.2. The van der Waals surface area contributed by atoms with Crippen LogP contribution < -0.4 is 11.1 Å². The van der Waals surface area contributed by atoms with Gasteiger partial charge in [0.2, 0.25) is 5.95 Å². The molecule has 7 nitrogen and oxygen atoms in total. The second-order valence-corrected chi connectivity index (χ2v) is 9.51. The number of pyridine rings is 1. The van der Waals surface area contributed by atoms with Crippen LogP contribution in [-0.4, -0.2) is 37.4 Å².